The van der Waals surface area contributed by atoms with Crippen LogP contribution in [-0.2, 0) is 4.79 Å². The van der Waals surface area contributed by atoms with Crippen LogP contribution >= 0.6 is 0 Å². The van der Waals surface area contributed by atoms with Gasteiger partial charge in [0.15, 0.2) is 0 Å². The van der Waals surface area contributed by atoms with E-state index >= 15 is 0 Å². The van der Waals surface area contributed by atoms with Crippen LogP contribution in [-0.4, -0.2) is 35.7 Å². The summed E-state index contributed by atoms with van der Waals surface area (Å²) in [6.45, 7) is 3.05. The van der Waals surface area contributed by atoms with Crippen LogP contribution in [0, 0.1) is 5.92 Å². The maximum Gasteiger partial charge on any atom is 0.237 e. The van der Waals surface area contributed by atoms with Crippen molar-refractivity contribution in [3.8, 4) is 0 Å². The molecular weight excluding hydrogens is 228 g/mol. The summed E-state index contributed by atoms with van der Waals surface area (Å²) in [6.07, 6.45) is 6.97. The SMILES string of the molecule is CC1CCCNC1C(=O)NC1CCCCCC1O. The first-order valence-electron chi connectivity index (χ1n) is 7.40. The molecule has 1 saturated heterocycles. The summed E-state index contributed by atoms with van der Waals surface area (Å²) >= 11 is 0. The highest BCUT2D eigenvalue weighted by Crippen LogP contribution is 2.20. The topological polar surface area (TPSA) is 61.4 Å². The zero-order chi connectivity index (χ0) is 13.0. The number of aliphatic hydroxyl groups excluding tert-OH is 1. The fraction of sp³-hybridized carbons (Fsp3) is 0.929. The normalized spacial score (nSPS) is 37.9. The number of hydrogen-bond donors (Lipinski definition) is 3. The largest absolute Gasteiger partial charge is 0.391 e. The molecule has 1 amide bonds. The van der Waals surface area contributed by atoms with Crippen LogP contribution in [0.25, 0.3) is 0 Å². The lowest BCUT2D eigenvalue weighted by Crippen LogP contribution is -2.55. The average molecular weight is 254 g/mol. The standard InChI is InChI=1S/C14H26N2O2/c1-10-6-5-9-15-13(10)14(18)16-11-7-3-2-4-8-12(11)17/h10-13,15,17H,2-9H2,1H3,(H,16,18). The third-order valence-electron chi connectivity index (χ3n) is 4.36. The molecule has 1 saturated carbocycles. The van der Waals surface area contributed by atoms with Crippen LogP contribution in [0.5, 0.6) is 0 Å². The van der Waals surface area contributed by atoms with Crippen molar-refractivity contribution in [2.75, 3.05) is 6.54 Å². The van der Waals surface area contributed by atoms with Gasteiger partial charge >= 0.3 is 0 Å². The van der Waals surface area contributed by atoms with Crippen LogP contribution in [0.4, 0.5) is 0 Å². The molecule has 1 aliphatic carbocycles. The Balaban J connectivity index is 1.88. The number of nitrogens with one attached hydrogen (secondary N) is 2. The molecule has 2 rings (SSSR count). The van der Waals surface area contributed by atoms with Gasteiger partial charge in [0.1, 0.15) is 0 Å². The van der Waals surface area contributed by atoms with Gasteiger partial charge in [0.05, 0.1) is 18.2 Å². The molecule has 4 unspecified atom stereocenters. The van der Waals surface area contributed by atoms with E-state index < -0.39 is 0 Å². The van der Waals surface area contributed by atoms with Gasteiger partial charge < -0.3 is 15.7 Å². The van der Waals surface area contributed by atoms with E-state index in [0.717, 1.165) is 45.1 Å². The lowest BCUT2D eigenvalue weighted by molar-refractivity contribution is -0.126. The van der Waals surface area contributed by atoms with Gasteiger partial charge in [-0.1, -0.05) is 26.2 Å². The van der Waals surface area contributed by atoms with E-state index in [-0.39, 0.29) is 24.1 Å². The molecule has 4 heteroatoms. The van der Waals surface area contributed by atoms with E-state index in [1.807, 2.05) is 0 Å². The van der Waals surface area contributed by atoms with Gasteiger partial charge in [-0.15, -0.1) is 0 Å². The van der Waals surface area contributed by atoms with E-state index in [4.69, 9.17) is 0 Å². The molecule has 0 aromatic heterocycles. The fourth-order valence-electron chi connectivity index (χ4n) is 3.13. The van der Waals surface area contributed by atoms with Crippen molar-refractivity contribution in [1.29, 1.82) is 0 Å². The van der Waals surface area contributed by atoms with Crippen LogP contribution < -0.4 is 10.6 Å². The number of rotatable bonds is 2. The Morgan fingerprint density at radius 1 is 1.17 bits per heavy atom. The van der Waals surface area contributed by atoms with Gasteiger partial charge in [-0.2, -0.15) is 0 Å². The summed E-state index contributed by atoms with van der Waals surface area (Å²) in [5, 5.41) is 16.4. The smallest absolute Gasteiger partial charge is 0.237 e. The van der Waals surface area contributed by atoms with Gasteiger partial charge in [-0.25, -0.2) is 0 Å². The molecule has 104 valence electrons. The summed E-state index contributed by atoms with van der Waals surface area (Å²) < 4.78 is 0. The molecule has 1 aliphatic heterocycles. The number of piperidine rings is 1. The van der Waals surface area contributed by atoms with Crippen molar-refractivity contribution in [3.63, 3.8) is 0 Å². The maximum absolute atomic E-state index is 12.2. The highest BCUT2D eigenvalue weighted by molar-refractivity contribution is 5.82. The third-order valence-corrected chi connectivity index (χ3v) is 4.36. The lowest BCUT2D eigenvalue weighted by Gasteiger charge is -2.31. The molecule has 4 atom stereocenters. The maximum atomic E-state index is 12.2. The van der Waals surface area contributed by atoms with Crippen LogP contribution in [0.3, 0.4) is 0 Å². The number of hydrogen-bond acceptors (Lipinski definition) is 3. The van der Waals surface area contributed by atoms with Gasteiger partial charge in [0.25, 0.3) is 0 Å². The van der Waals surface area contributed by atoms with E-state index in [1.165, 1.54) is 6.42 Å². The summed E-state index contributed by atoms with van der Waals surface area (Å²) in [6, 6.07) is -0.120. The number of aliphatic hydroxyl groups is 1. The minimum absolute atomic E-state index is 0.0454. The molecule has 18 heavy (non-hydrogen) atoms. The van der Waals surface area contributed by atoms with Gasteiger partial charge in [-0.05, 0) is 38.1 Å². The Hall–Kier alpha value is -0.610. The van der Waals surface area contributed by atoms with Crippen molar-refractivity contribution in [2.24, 2.45) is 5.92 Å². The Morgan fingerprint density at radius 3 is 2.72 bits per heavy atom. The van der Waals surface area contributed by atoms with Gasteiger partial charge in [-0.3, -0.25) is 4.79 Å². The molecule has 0 bridgehead atoms. The van der Waals surface area contributed by atoms with Crippen molar-refractivity contribution in [1.82, 2.24) is 10.6 Å². The van der Waals surface area contributed by atoms with E-state index in [2.05, 4.69) is 17.6 Å². The molecule has 0 aromatic rings. The number of amides is 1. The van der Waals surface area contributed by atoms with Crippen molar-refractivity contribution in [2.45, 2.75) is 70.1 Å². The summed E-state index contributed by atoms with van der Waals surface area (Å²) in [5.41, 5.74) is 0. The predicted octanol–water partition coefficient (Wildman–Crippen LogP) is 1.18. The fourth-order valence-corrected chi connectivity index (χ4v) is 3.13. The Labute approximate surface area is 110 Å². The minimum Gasteiger partial charge on any atom is -0.391 e. The van der Waals surface area contributed by atoms with E-state index in [9.17, 15) is 9.90 Å². The van der Waals surface area contributed by atoms with E-state index in [0.29, 0.717) is 5.92 Å². The molecule has 2 fully saturated rings. The molecule has 1 heterocycles. The molecule has 0 spiro atoms. The zero-order valence-electron chi connectivity index (χ0n) is 11.3. The quantitative estimate of drug-likeness (QED) is 0.649. The number of carbonyl (C=O) groups is 1. The summed E-state index contributed by atoms with van der Waals surface area (Å²) in [4.78, 5) is 12.2. The Bertz CT molecular complexity index is 283. The molecular formula is C14H26N2O2. The van der Waals surface area contributed by atoms with E-state index in [1.54, 1.807) is 0 Å². The minimum atomic E-state index is -0.365. The summed E-state index contributed by atoms with van der Waals surface area (Å²) in [5.74, 6) is 0.467. The van der Waals surface area contributed by atoms with Gasteiger partial charge in [0.2, 0.25) is 5.91 Å². The third kappa shape index (κ3) is 3.45. The summed E-state index contributed by atoms with van der Waals surface area (Å²) in [7, 11) is 0. The highest BCUT2D eigenvalue weighted by atomic mass is 16.3. The monoisotopic (exact) mass is 254 g/mol. The Morgan fingerprint density at radius 2 is 1.94 bits per heavy atom. The van der Waals surface area contributed by atoms with Crippen molar-refractivity contribution < 1.29 is 9.90 Å². The van der Waals surface area contributed by atoms with Crippen molar-refractivity contribution >= 4 is 5.91 Å². The van der Waals surface area contributed by atoms with Crippen LogP contribution in [0.15, 0.2) is 0 Å². The number of carbonyl (C=O) groups excluding carboxylic acids is 1. The molecule has 2 aliphatic rings. The van der Waals surface area contributed by atoms with Crippen molar-refractivity contribution in [3.05, 3.63) is 0 Å². The van der Waals surface area contributed by atoms with Gasteiger partial charge in [0, 0.05) is 0 Å². The molecule has 0 aromatic carbocycles. The second-order valence-electron chi connectivity index (χ2n) is 5.87. The second kappa shape index (κ2) is 6.53. The zero-order valence-corrected chi connectivity index (χ0v) is 11.3. The first kappa shape index (κ1) is 13.8. The first-order chi connectivity index (χ1) is 8.68. The molecule has 3 N–H and O–H groups in total. The average Bonchev–Trinajstić information content (AvgIpc) is 2.55. The van der Waals surface area contributed by atoms with Crippen LogP contribution in [0.2, 0.25) is 0 Å². The highest BCUT2D eigenvalue weighted by Gasteiger charge is 2.30. The molecule has 0 radical (unpaired) electrons. The Kier molecular flexibility index (Phi) is 5.01. The predicted molar refractivity (Wildman–Crippen MR) is 71.2 cm³/mol. The second-order valence-corrected chi connectivity index (χ2v) is 5.87. The van der Waals surface area contributed by atoms with Crippen LogP contribution in [0.1, 0.15) is 51.9 Å². The molecule has 4 nitrogen and oxygen atoms in total. The first-order valence-corrected chi connectivity index (χ1v) is 7.40. The lowest BCUT2D eigenvalue weighted by atomic mass is 9.91.